The topological polar surface area (TPSA) is 72.6 Å². The van der Waals surface area contributed by atoms with Crippen molar-refractivity contribution in [3.63, 3.8) is 0 Å². The van der Waals surface area contributed by atoms with E-state index in [0.29, 0.717) is 6.54 Å². The lowest BCUT2D eigenvalue weighted by Crippen LogP contribution is -2.58. The van der Waals surface area contributed by atoms with E-state index in [9.17, 15) is 8.42 Å². The Morgan fingerprint density at radius 3 is 2.65 bits per heavy atom. The highest BCUT2D eigenvalue weighted by atomic mass is 32.2. The predicted molar refractivity (Wildman–Crippen MR) is 66.7 cm³/mol. The summed E-state index contributed by atoms with van der Waals surface area (Å²) in [7, 11) is -2.83. The highest BCUT2D eigenvalue weighted by molar-refractivity contribution is 7.91. The quantitative estimate of drug-likeness (QED) is 0.734. The standard InChI is InChI=1S/C11H22N2O3S/c1-10-8-17(14,15)7-4-13(10)9-11(12)2-5-16-6-3-11/h10H,2-9,12H2,1H3. The average molecular weight is 262 g/mol. The minimum Gasteiger partial charge on any atom is -0.381 e. The molecule has 0 bridgehead atoms. The highest BCUT2D eigenvalue weighted by Gasteiger charge is 2.35. The molecule has 2 rings (SSSR count). The van der Waals surface area contributed by atoms with Crippen LogP contribution < -0.4 is 5.73 Å². The van der Waals surface area contributed by atoms with E-state index in [4.69, 9.17) is 10.5 Å². The summed E-state index contributed by atoms with van der Waals surface area (Å²) in [5.41, 5.74) is 6.15. The van der Waals surface area contributed by atoms with E-state index in [2.05, 4.69) is 4.90 Å². The summed E-state index contributed by atoms with van der Waals surface area (Å²) in [6.45, 7) is 4.81. The van der Waals surface area contributed by atoms with Gasteiger partial charge in [0.2, 0.25) is 0 Å². The van der Waals surface area contributed by atoms with Crippen molar-refractivity contribution in [3.8, 4) is 0 Å². The Morgan fingerprint density at radius 1 is 1.41 bits per heavy atom. The number of rotatable bonds is 2. The van der Waals surface area contributed by atoms with E-state index in [-0.39, 0.29) is 23.1 Å². The Bertz CT molecular complexity index is 363. The SMILES string of the molecule is CC1CS(=O)(=O)CCN1CC1(N)CCOCC1. The monoisotopic (exact) mass is 262 g/mol. The zero-order chi connectivity index (χ0) is 12.5. The summed E-state index contributed by atoms with van der Waals surface area (Å²) in [5.74, 6) is 0.531. The third-order valence-electron chi connectivity index (χ3n) is 3.81. The van der Waals surface area contributed by atoms with Gasteiger partial charge in [-0.05, 0) is 19.8 Å². The Balaban J connectivity index is 1.95. The Morgan fingerprint density at radius 2 is 2.06 bits per heavy atom. The van der Waals surface area contributed by atoms with Crippen molar-refractivity contribution in [2.45, 2.75) is 31.3 Å². The van der Waals surface area contributed by atoms with Gasteiger partial charge in [0.15, 0.2) is 9.84 Å². The molecule has 2 saturated heterocycles. The summed E-state index contributed by atoms with van der Waals surface area (Å²) in [4.78, 5) is 2.21. The lowest BCUT2D eigenvalue weighted by Gasteiger charge is -2.42. The maximum absolute atomic E-state index is 11.5. The van der Waals surface area contributed by atoms with Gasteiger partial charge in [-0.25, -0.2) is 8.42 Å². The van der Waals surface area contributed by atoms with Gasteiger partial charge in [0.25, 0.3) is 0 Å². The second-order valence-electron chi connectivity index (χ2n) is 5.41. The van der Waals surface area contributed by atoms with Gasteiger partial charge in [0, 0.05) is 37.9 Å². The zero-order valence-electron chi connectivity index (χ0n) is 10.4. The van der Waals surface area contributed by atoms with E-state index in [1.807, 2.05) is 6.92 Å². The number of hydrogen-bond donors (Lipinski definition) is 1. The van der Waals surface area contributed by atoms with Crippen LogP contribution in [0.1, 0.15) is 19.8 Å². The van der Waals surface area contributed by atoms with E-state index in [0.717, 1.165) is 32.6 Å². The molecule has 2 heterocycles. The maximum Gasteiger partial charge on any atom is 0.153 e. The molecule has 1 atom stereocenters. The van der Waals surface area contributed by atoms with Crippen LogP contribution >= 0.6 is 0 Å². The maximum atomic E-state index is 11.5. The fourth-order valence-corrected chi connectivity index (χ4v) is 4.23. The van der Waals surface area contributed by atoms with E-state index in [1.165, 1.54) is 0 Å². The molecule has 5 nitrogen and oxygen atoms in total. The van der Waals surface area contributed by atoms with Crippen LogP contribution in [0.25, 0.3) is 0 Å². The molecule has 0 amide bonds. The van der Waals surface area contributed by atoms with Crippen molar-refractivity contribution in [1.82, 2.24) is 4.90 Å². The largest absolute Gasteiger partial charge is 0.381 e. The number of nitrogens with zero attached hydrogens (tertiary/aromatic N) is 1. The lowest BCUT2D eigenvalue weighted by atomic mass is 9.90. The van der Waals surface area contributed by atoms with Crippen molar-refractivity contribution < 1.29 is 13.2 Å². The smallest absolute Gasteiger partial charge is 0.153 e. The fourth-order valence-electron chi connectivity index (χ4n) is 2.61. The van der Waals surface area contributed by atoms with Crippen LogP contribution in [0.5, 0.6) is 0 Å². The van der Waals surface area contributed by atoms with E-state index < -0.39 is 9.84 Å². The first kappa shape index (κ1) is 13.3. The molecule has 2 aliphatic rings. The van der Waals surface area contributed by atoms with Crippen LogP contribution in [0.15, 0.2) is 0 Å². The summed E-state index contributed by atoms with van der Waals surface area (Å²) in [6, 6.07) is 0.0806. The van der Waals surface area contributed by atoms with Gasteiger partial charge in [-0.1, -0.05) is 0 Å². The first-order chi connectivity index (χ1) is 7.90. The van der Waals surface area contributed by atoms with Crippen molar-refractivity contribution in [2.24, 2.45) is 5.73 Å². The summed E-state index contributed by atoms with van der Waals surface area (Å²) < 4.78 is 28.3. The molecule has 0 aromatic heterocycles. The molecular formula is C11H22N2O3S. The highest BCUT2D eigenvalue weighted by Crippen LogP contribution is 2.22. The molecular weight excluding hydrogens is 240 g/mol. The molecule has 0 aliphatic carbocycles. The van der Waals surface area contributed by atoms with Gasteiger partial charge in [-0.3, -0.25) is 4.90 Å². The minimum atomic E-state index is -2.83. The van der Waals surface area contributed by atoms with Crippen molar-refractivity contribution in [3.05, 3.63) is 0 Å². The Labute approximate surface area is 103 Å². The van der Waals surface area contributed by atoms with Gasteiger partial charge in [0.1, 0.15) is 0 Å². The number of ether oxygens (including phenoxy) is 1. The van der Waals surface area contributed by atoms with Crippen molar-refractivity contribution >= 4 is 9.84 Å². The molecule has 6 heteroatoms. The van der Waals surface area contributed by atoms with Crippen molar-refractivity contribution in [1.29, 1.82) is 0 Å². The van der Waals surface area contributed by atoms with Crippen LogP contribution in [0.2, 0.25) is 0 Å². The van der Waals surface area contributed by atoms with Crippen LogP contribution in [-0.4, -0.2) is 62.7 Å². The third-order valence-corrected chi connectivity index (χ3v) is 5.61. The molecule has 0 aromatic carbocycles. The normalized spacial score (nSPS) is 33.4. The van der Waals surface area contributed by atoms with Gasteiger partial charge < -0.3 is 10.5 Å². The molecule has 2 aliphatic heterocycles. The molecule has 2 fully saturated rings. The van der Waals surface area contributed by atoms with Crippen LogP contribution in [0.4, 0.5) is 0 Å². The molecule has 2 N–H and O–H groups in total. The lowest BCUT2D eigenvalue weighted by molar-refractivity contribution is 0.0333. The Hall–Kier alpha value is -0.170. The first-order valence-corrected chi connectivity index (χ1v) is 8.03. The number of nitrogens with two attached hydrogens (primary N) is 1. The molecule has 17 heavy (non-hydrogen) atoms. The molecule has 0 spiro atoms. The second kappa shape index (κ2) is 4.84. The second-order valence-corrected chi connectivity index (χ2v) is 7.64. The van der Waals surface area contributed by atoms with Gasteiger partial charge >= 0.3 is 0 Å². The third kappa shape index (κ3) is 3.40. The van der Waals surface area contributed by atoms with Crippen LogP contribution in [0, 0.1) is 0 Å². The number of hydrogen-bond acceptors (Lipinski definition) is 5. The average Bonchev–Trinajstić information content (AvgIpc) is 2.23. The fraction of sp³-hybridized carbons (Fsp3) is 1.00. The predicted octanol–water partition coefficient (Wildman–Crippen LogP) is -0.387. The Kier molecular flexibility index (Phi) is 3.77. The minimum absolute atomic E-state index is 0.0806. The van der Waals surface area contributed by atoms with Crippen LogP contribution in [-0.2, 0) is 14.6 Å². The number of sulfone groups is 1. The summed E-state index contributed by atoms with van der Waals surface area (Å²) in [5, 5.41) is 0. The first-order valence-electron chi connectivity index (χ1n) is 6.21. The zero-order valence-corrected chi connectivity index (χ0v) is 11.2. The van der Waals surface area contributed by atoms with Gasteiger partial charge in [-0.2, -0.15) is 0 Å². The molecule has 1 unspecified atom stereocenters. The van der Waals surface area contributed by atoms with Gasteiger partial charge in [0.05, 0.1) is 11.5 Å². The van der Waals surface area contributed by atoms with E-state index in [1.54, 1.807) is 0 Å². The summed E-state index contributed by atoms with van der Waals surface area (Å²) >= 11 is 0. The van der Waals surface area contributed by atoms with Gasteiger partial charge in [-0.15, -0.1) is 0 Å². The molecule has 0 aromatic rings. The molecule has 0 saturated carbocycles. The summed E-state index contributed by atoms with van der Waals surface area (Å²) in [6.07, 6.45) is 1.73. The molecule has 100 valence electrons. The molecule has 0 radical (unpaired) electrons. The van der Waals surface area contributed by atoms with E-state index >= 15 is 0 Å². The van der Waals surface area contributed by atoms with Crippen LogP contribution in [0.3, 0.4) is 0 Å². The van der Waals surface area contributed by atoms with Crippen molar-refractivity contribution in [2.75, 3.05) is 37.8 Å².